The van der Waals surface area contributed by atoms with Gasteiger partial charge in [-0.3, -0.25) is 4.79 Å². The van der Waals surface area contributed by atoms with E-state index in [1.807, 2.05) is 0 Å². The molecule has 3 nitrogen and oxygen atoms in total. The summed E-state index contributed by atoms with van der Waals surface area (Å²) in [6.07, 6.45) is 37.3. The molecule has 0 fully saturated rings. The van der Waals surface area contributed by atoms with E-state index >= 15 is 0 Å². The lowest BCUT2D eigenvalue weighted by molar-refractivity contribution is -0.144. The predicted molar refractivity (Wildman–Crippen MR) is 162 cm³/mol. The van der Waals surface area contributed by atoms with Gasteiger partial charge in [0.25, 0.3) is 0 Å². The van der Waals surface area contributed by atoms with Gasteiger partial charge in [0.05, 0.1) is 12.7 Å². The van der Waals surface area contributed by atoms with Gasteiger partial charge in [0.1, 0.15) is 0 Å². The third kappa shape index (κ3) is 31.3. The van der Waals surface area contributed by atoms with E-state index in [0.29, 0.717) is 19.4 Å². The highest BCUT2D eigenvalue weighted by molar-refractivity contribution is 5.69. The highest BCUT2D eigenvalue weighted by Gasteiger charge is 2.07. The average Bonchev–Trinajstić information content (AvgIpc) is 2.89. The van der Waals surface area contributed by atoms with Gasteiger partial charge < -0.3 is 9.84 Å². The SMILES string of the molecule is CCCCCCCC/C=C\CCCCCCCC(=O)OCCC(O)CCCCCCCCCCCCC. The van der Waals surface area contributed by atoms with E-state index in [-0.39, 0.29) is 12.1 Å². The van der Waals surface area contributed by atoms with Crippen LogP contribution in [0.15, 0.2) is 12.2 Å². The Bertz CT molecular complexity index is 474. The van der Waals surface area contributed by atoms with E-state index in [0.717, 1.165) is 25.7 Å². The smallest absolute Gasteiger partial charge is 0.305 e. The second-order valence-electron chi connectivity index (χ2n) is 11.3. The predicted octanol–water partition coefficient (Wildman–Crippen LogP) is 11.0. The van der Waals surface area contributed by atoms with Crippen molar-refractivity contribution < 1.29 is 14.6 Å². The molecule has 1 atom stereocenters. The van der Waals surface area contributed by atoms with E-state index in [2.05, 4.69) is 26.0 Å². The second kappa shape index (κ2) is 31.4. The van der Waals surface area contributed by atoms with Gasteiger partial charge >= 0.3 is 5.97 Å². The summed E-state index contributed by atoms with van der Waals surface area (Å²) in [4.78, 5) is 11.9. The maximum absolute atomic E-state index is 11.9. The summed E-state index contributed by atoms with van der Waals surface area (Å²) in [5, 5.41) is 10.1. The molecule has 0 aromatic heterocycles. The van der Waals surface area contributed by atoms with Crippen LogP contribution in [-0.2, 0) is 9.53 Å². The number of carbonyl (C=O) groups excluding carboxylic acids is 1. The van der Waals surface area contributed by atoms with E-state index in [1.54, 1.807) is 0 Å². The lowest BCUT2D eigenvalue weighted by Crippen LogP contribution is -2.13. The first-order valence-corrected chi connectivity index (χ1v) is 16.7. The lowest BCUT2D eigenvalue weighted by Gasteiger charge is -2.11. The van der Waals surface area contributed by atoms with Crippen LogP contribution in [0.25, 0.3) is 0 Å². The number of carbonyl (C=O) groups is 1. The third-order valence-electron chi connectivity index (χ3n) is 7.50. The highest BCUT2D eigenvalue weighted by atomic mass is 16.5. The first-order chi connectivity index (χ1) is 18.2. The zero-order chi connectivity index (χ0) is 27.1. The van der Waals surface area contributed by atoms with Crippen molar-refractivity contribution >= 4 is 5.97 Å². The molecule has 1 N–H and O–H groups in total. The summed E-state index contributed by atoms with van der Waals surface area (Å²) in [6, 6.07) is 0. The van der Waals surface area contributed by atoms with Crippen LogP contribution in [0.1, 0.15) is 187 Å². The number of hydrogen-bond acceptors (Lipinski definition) is 3. The van der Waals surface area contributed by atoms with Crippen LogP contribution in [0.3, 0.4) is 0 Å². The molecule has 0 heterocycles. The molecule has 3 heteroatoms. The molecule has 0 radical (unpaired) electrons. The zero-order valence-electron chi connectivity index (χ0n) is 25.3. The van der Waals surface area contributed by atoms with Crippen molar-refractivity contribution in [3.05, 3.63) is 12.2 Å². The number of esters is 1. The molecule has 0 aliphatic rings. The summed E-state index contributed by atoms with van der Waals surface area (Å²) in [6.45, 7) is 4.90. The van der Waals surface area contributed by atoms with Crippen molar-refractivity contribution in [1.82, 2.24) is 0 Å². The van der Waals surface area contributed by atoms with Crippen molar-refractivity contribution in [2.75, 3.05) is 6.61 Å². The van der Waals surface area contributed by atoms with Gasteiger partial charge in [0.15, 0.2) is 0 Å². The van der Waals surface area contributed by atoms with Crippen LogP contribution in [0.4, 0.5) is 0 Å². The minimum atomic E-state index is -0.328. The molecule has 0 saturated carbocycles. The Kier molecular flexibility index (Phi) is 30.7. The van der Waals surface area contributed by atoms with Crippen molar-refractivity contribution in [1.29, 1.82) is 0 Å². The van der Waals surface area contributed by atoms with E-state index in [4.69, 9.17) is 4.74 Å². The first-order valence-electron chi connectivity index (χ1n) is 16.7. The normalized spacial score (nSPS) is 12.4. The molecule has 0 bridgehead atoms. The minimum Gasteiger partial charge on any atom is -0.466 e. The van der Waals surface area contributed by atoms with Gasteiger partial charge in [0, 0.05) is 12.8 Å². The van der Waals surface area contributed by atoms with E-state index in [9.17, 15) is 9.90 Å². The van der Waals surface area contributed by atoms with Crippen LogP contribution < -0.4 is 0 Å². The van der Waals surface area contributed by atoms with Crippen molar-refractivity contribution in [3.63, 3.8) is 0 Å². The monoisotopic (exact) mass is 523 g/mol. The van der Waals surface area contributed by atoms with Crippen molar-refractivity contribution in [2.45, 2.75) is 193 Å². The molecular weight excluding hydrogens is 456 g/mol. The molecule has 37 heavy (non-hydrogen) atoms. The molecule has 0 aliphatic carbocycles. The molecule has 0 rings (SSSR count). The summed E-state index contributed by atoms with van der Waals surface area (Å²) in [5.74, 6) is -0.0977. The van der Waals surface area contributed by atoms with Gasteiger partial charge in [-0.25, -0.2) is 0 Å². The Balaban J connectivity index is 3.31. The zero-order valence-corrected chi connectivity index (χ0v) is 25.3. The fourth-order valence-electron chi connectivity index (χ4n) is 4.91. The number of ether oxygens (including phenoxy) is 1. The van der Waals surface area contributed by atoms with Crippen LogP contribution in [0, 0.1) is 0 Å². The molecular formula is C34H66O3. The Hall–Kier alpha value is -0.830. The van der Waals surface area contributed by atoms with E-state index in [1.165, 1.54) is 135 Å². The molecule has 0 aromatic carbocycles. The molecule has 1 unspecified atom stereocenters. The van der Waals surface area contributed by atoms with Gasteiger partial charge in [-0.15, -0.1) is 0 Å². The molecule has 0 aromatic rings. The number of allylic oxidation sites excluding steroid dienone is 2. The van der Waals surface area contributed by atoms with Crippen LogP contribution >= 0.6 is 0 Å². The minimum absolute atomic E-state index is 0.0977. The Labute approximate surface area is 232 Å². The molecule has 0 spiro atoms. The lowest BCUT2D eigenvalue weighted by atomic mass is 10.0. The summed E-state index contributed by atoms with van der Waals surface area (Å²) < 4.78 is 5.33. The topological polar surface area (TPSA) is 46.5 Å². The standard InChI is InChI=1S/C34H66O3/c1-3-5-7-9-11-13-15-16-17-18-20-22-24-26-28-30-34(36)37-32-31-33(35)29-27-25-23-21-19-14-12-10-8-6-4-2/h16-17,33,35H,3-15,18-32H2,1-2H3/b17-16-. The van der Waals surface area contributed by atoms with Gasteiger partial charge in [0.2, 0.25) is 0 Å². The fraction of sp³-hybridized carbons (Fsp3) is 0.912. The summed E-state index contributed by atoms with van der Waals surface area (Å²) in [7, 11) is 0. The van der Waals surface area contributed by atoms with Gasteiger partial charge in [-0.2, -0.15) is 0 Å². The van der Waals surface area contributed by atoms with Gasteiger partial charge in [-0.1, -0.05) is 148 Å². The number of rotatable bonds is 30. The molecule has 0 aliphatic heterocycles. The number of aliphatic hydroxyl groups is 1. The molecule has 0 saturated heterocycles. The number of hydrogen-bond donors (Lipinski definition) is 1. The molecule has 0 amide bonds. The number of aliphatic hydroxyl groups excluding tert-OH is 1. The van der Waals surface area contributed by atoms with Crippen LogP contribution in [0.2, 0.25) is 0 Å². The summed E-state index contributed by atoms with van der Waals surface area (Å²) >= 11 is 0. The van der Waals surface area contributed by atoms with Crippen LogP contribution in [0.5, 0.6) is 0 Å². The Morgan fingerprint density at radius 3 is 1.46 bits per heavy atom. The quantitative estimate of drug-likeness (QED) is 0.0579. The number of unbranched alkanes of at least 4 members (excludes halogenated alkanes) is 21. The Morgan fingerprint density at radius 1 is 0.568 bits per heavy atom. The maximum atomic E-state index is 11.9. The summed E-state index contributed by atoms with van der Waals surface area (Å²) in [5.41, 5.74) is 0. The second-order valence-corrected chi connectivity index (χ2v) is 11.3. The maximum Gasteiger partial charge on any atom is 0.305 e. The highest BCUT2D eigenvalue weighted by Crippen LogP contribution is 2.14. The average molecular weight is 523 g/mol. The Morgan fingerprint density at radius 2 is 0.973 bits per heavy atom. The van der Waals surface area contributed by atoms with E-state index < -0.39 is 0 Å². The largest absolute Gasteiger partial charge is 0.466 e. The first kappa shape index (κ1) is 36.2. The van der Waals surface area contributed by atoms with Crippen LogP contribution in [-0.4, -0.2) is 23.8 Å². The van der Waals surface area contributed by atoms with Crippen molar-refractivity contribution in [2.24, 2.45) is 0 Å². The third-order valence-corrected chi connectivity index (χ3v) is 7.50. The molecule has 220 valence electrons. The van der Waals surface area contributed by atoms with Gasteiger partial charge in [-0.05, 0) is 38.5 Å². The fourth-order valence-corrected chi connectivity index (χ4v) is 4.91. The van der Waals surface area contributed by atoms with Crippen molar-refractivity contribution in [3.8, 4) is 0 Å².